The van der Waals surface area contributed by atoms with Crippen LogP contribution in [0.3, 0.4) is 0 Å². The summed E-state index contributed by atoms with van der Waals surface area (Å²) in [7, 11) is -3.57. The van der Waals surface area contributed by atoms with E-state index in [1.807, 2.05) is 0 Å². The molecule has 0 saturated carbocycles. The first-order valence-electron chi connectivity index (χ1n) is 7.79. The van der Waals surface area contributed by atoms with Crippen LogP contribution in [-0.2, 0) is 19.7 Å². The first-order chi connectivity index (χ1) is 9.86. The average molecular weight is 318 g/mol. The van der Waals surface area contributed by atoms with E-state index in [1.165, 1.54) is 4.31 Å². The normalized spacial score (nSPS) is 32.2. The van der Waals surface area contributed by atoms with Crippen molar-refractivity contribution in [3.8, 4) is 0 Å². The number of carbonyl (C=O) groups is 1. The molecule has 2 saturated heterocycles. The zero-order chi connectivity index (χ0) is 15.6. The maximum atomic E-state index is 12.8. The topological polar surface area (TPSA) is 66.9 Å². The second-order valence-corrected chi connectivity index (χ2v) is 8.17. The lowest BCUT2D eigenvalue weighted by molar-refractivity contribution is -0.146. The Kier molecular flexibility index (Phi) is 5.27. The fourth-order valence-electron chi connectivity index (χ4n) is 3.43. The van der Waals surface area contributed by atoms with Crippen LogP contribution in [0.4, 0.5) is 0 Å². The summed E-state index contributed by atoms with van der Waals surface area (Å²) in [6, 6.07) is -0.650. The lowest BCUT2D eigenvalue weighted by atomic mass is 9.94. The van der Waals surface area contributed by atoms with Gasteiger partial charge in [0, 0.05) is 19.6 Å². The van der Waals surface area contributed by atoms with Crippen LogP contribution in [0, 0.1) is 11.8 Å². The van der Waals surface area contributed by atoms with Crippen molar-refractivity contribution in [2.75, 3.05) is 26.2 Å². The van der Waals surface area contributed by atoms with Crippen LogP contribution in [0.15, 0.2) is 0 Å². The van der Waals surface area contributed by atoms with Crippen LogP contribution in [-0.4, -0.2) is 55.3 Å². The first-order valence-corrected chi connectivity index (χ1v) is 9.19. The van der Waals surface area contributed by atoms with Gasteiger partial charge in [-0.05, 0) is 38.0 Å². The molecule has 2 aliphatic rings. The lowest BCUT2D eigenvalue weighted by Gasteiger charge is -2.37. The lowest BCUT2D eigenvalue weighted by Crippen LogP contribution is -2.52. The molecule has 2 fully saturated rings. The Morgan fingerprint density at radius 3 is 2.43 bits per heavy atom. The third-order valence-corrected chi connectivity index (χ3v) is 6.20. The number of ether oxygens (including phenoxy) is 1. The molecule has 0 aromatic rings. The second-order valence-electron chi connectivity index (χ2n) is 6.29. The molecule has 21 heavy (non-hydrogen) atoms. The van der Waals surface area contributed by atoms with Gasteiger partial charge in [0.2, 0.25) is 0 Å². The Labute approximate surface area is 127 Å². The van der Waals surface area contributed by atoms with Crippen molar-refractivity contribution < 1.29 is 17.9 Å². The molecule has 2 aliphatic heterocycles. The molecule has 0 amide bonds. The third-order valence-electron chi connectivity index (χ3n) is 4.22. The largest absolute Gasteiger partial charge is 0.465 e. The van der Waals surface area contributed by atoms with E-state index in [2.05, 4.69) is 13.8 Å². The van der Waals surface area contributed by atoms with Crippen molar-refractivity contribution in [1.82, 2.24) is 8.61 Å². The van der Waals surface area contributed by atoms with Gasteiger partial charge in [-0.1, -0.05) is 13.8 Å². The minimum absolute atomic E-state index is 0.279. The van der Waals surface area contributed by atoms with E-state index in [4.69, 9.17) is 4.74 Å². The van der Waals surface area contributed by atoms with Gasteiger partial charge in [-0.2, -0.15) is 17.0 Å². The van der Waals surface area contributed by atoms with E-state index in [-0.39, 0.29) is 6.61 Å². The molecule has 2 rings (SSSR count). The van der Waals surface area contributed by atoms with Gasteiger partial charge in [-0.3, -0.25) is 4.79 Å². The summed E-state index contributed by atoms with van der Waals surface area (Å²) in [6.45, 7) is 7.65. The predicted molar refractivity (Wildman–Crippen MR) is 79.8 cm³/mol. The van der Waals surface area contributed by atoms with Crippen LogP contribution in [0.25, 0.3) is 0 Å². The van der Waals surface area contributed by atoms with Crippen molar-refractivity contribution in [3.63, 3.8) is 0 Å². The minimum atomic E-state index is -3.57. The highest BCUT2D eigenvalue weighted by Crippen LogP contribution is 2.29. The first kappa shape index (κ1) is 16.7. The smallest absolute Gasteiger partial charge is 0.324 e. The van der Waals surface area contributed by atoms with Crippen molar-refractivity contribution >= 4 is 16.2 Å². The standard InChI is InChI=1S/C14H26N2O4S/c1-4-20-14(17)13-6-5-7-16(13)21(18,19)15-9-11(2)8-12(3)10-15/h11-13H,4-10H2,1-3H3. The highest BCUT2D eigenvalue weighted by atomic mass is 32.2. The maximum absolute atomic E-state index is 12.8. The van der Waals surface area contributed by atoms with Crippen molar-refractivity contribution in [2.24, 2.45) is 11.8 Å². The molecular weight excluding hydrogens is 292 g/mol. The zero-order valence-corrected chi connectivity index (χ0v) is 13.9. The summed E-state index contributed by atoms with van der Waals surface area (Å²) >= 11 is 0. The van der Waals surface area contributed by atoms with E-state index < -0.39 is 22.2 Å². The van der Waals surface area contributed by atoms with E-state index in [1.54, 1.807) is 11.2 Å². The van der Waals surface area contributed by atoms with Gasteiger partial charge >= 0.3 is 5.97 Å². The number of nitrogens with zero attached hydrogens (tertiary/aromatic N) is 2. The summed E-state index contributed by atoms with van der Waals surface area (Å²) in [5.74, 6) is 0.288. The summed E-state index contributed by atoms with van der Waals surface area (Å²) in [5.41, 5.74) is 0. The Hall–Kier alpha value is -0.660. The molecule has 0 aromatic heterocycles. The van der Waals surface area contributed by atoms with Gasteiger partial charge < -0.3 is 4.74 Å². The van der Waals surface area contributed by atoms with Crippen LogP contribution < -0.4 is 0 Å². The van der Waals surface area contributed by atoms with Crippen LogP contribution in [0.2, 0.25) is 0 Å². The molecule has 0 N–H and O–H groups in total. The number of hydrogen-bond donors (Lipinski definition) is 0. The number of esters is 1. The molecule has 0 spiro atoms. The molecule has 0 aliphatic carbocycles. The molecule has 0 radical (unpaired) electrons. The van der Waals surface area contributed by atoms with Crippen molar-refractivity contribution in [2.45, 2.75) is 46.1 Å². The summed E-state index contributed by atoms with van der Waals surface area (Å²) < 4.78 is 33.6. The average Bonchev–Trinajstić information content (AvgIpc) is 2.87. The van der Waals surface area contributed by atoms with Crippen LogP contribution >= 0.6 is 0 Å². The molecule has 2 heterocycles. The summed E-state index contributed by atoms with van der Waals surface area (Å²) in [6.07, 6.45) is 2.31. The van der Waals surface area contributed by atoms with Gasteiger partial charge in [-0.25, -0.2) is 0 Å². The molecule has 3 unspecified atom stereocenters. The van der Waals surface area contributed by atoms with E-state index in [0.29, 0.717) is 44.3 Å². The number of hydrogen-bond acceptors (Lipinski definition) is 4. The number of piperidine rings is 1. The van der Waals surface area contributed by atoms with Crippen LogP contribution in [0.1, 0.15) is 40.0 Å². The Balaban J connectivity index is 2.16. The molecule has 7 heteroatoms. The van der Waals surface area contributed by atoms with Crippen LogP contribution in [0.5, 0.6) is 0 Å². The molecular formula is C14H26N2O4S. The van der Waals surface area contributed by atoms with E-state index in [0.717, 1.165) is 6.42 Å². The highest BCUT2D eigenvalue weighted by molar-refractivity contribution is 7.86. The molecule has 3 atom stereocenters. The molecule has 0 bridgehead atoms. The number of carbonyl (C=O) groups excluding carboxylic acids is 1. The van der Waals surface area contributed by atoms with E-state index >= 15 is 0 Å². The minimum Gasteiger partial charge on any atom is -0.465 e. The van der Waals surface area contributed by atoms with Gasteiger partial charge in [0.25, 0.3) is 10.2 Å². The van der Waals surface area contributed by atoms with Crippen molar-refractivity contribution in [3.05, 3.63) is 0 Å². The third kappa shape index (κ3) is 3.57. The number of rotatable bonds is 4. The maximum Gasteiger partial charge on any atom is 0.324 e. The molecule has 122 valence electrons. The Morgan fingerprint density at radius 1 is 1.24 bits per heavy atom. The Morgan fingerprint density at radius 2 is 1.86 bits per heavy atom. The van der Waals surface area contributed by atoms with Gasteiger partial charge in [-0.15, -0.1) is 0 Å². The SMILES string of the molecule is CCOC(=O)C1CCCN1S(=O)(=O)N1CC(C)CC(C)C1. The van der Waals surface area contributed by atoms with E-state index in [9.17, 15) is 13.2 Å². The summed E-state index contributed by atoms with van der Waals surface area (Å²) in [5, 5.41) is 0. The quantitative estimate of drug-likeness (QED) is 0.731. The fourth-order valence-corrected chi connectivity index (χ4v) is 5.49. The molecule has 6 nitrogen and oxygen atoms in total. The van der Waals surface area contributed by atoms with Gasteiger partial charge in [0.15, 0.2) is 0 Å². The fraction of sp³-hybridized carbons (Fsp3) is 0.929. The van der Waals surface area contributed by atoms with Gasteiger partial charge in [0.1, 0.15) is 6.04 Å². The summed E-state index contributed by atoms with van der Waals surface area (Å²) in [4.78, 5) is 12.0. The van der Waals surface area contributed by atoms with Gasteiger partial charge in [0.05, 0.1) is 6.61 Å². The molecule has 0 aromatic carbocycles. The monoisotopic (exact) mass is 318 g/mol. The highest BCUT2D eigenvalue weighted by Gasteiger charge is 2.43. The Bertz CT molecular complexity index is 469. The second kappa shape index (κ2) is 6.62. The van der Waals surface area contributed by atoms with Crippen molar-refractivity contribution in [1.29, 1.82) is 0 Å². The zero-order valence-electron chi connectivity index (χ0n) is 13.1. The predicted octanol–water partition coefficient (Wildman–Crippen LogP) is 1.24.